The van der Waals surface area contributed by atoms with E-state index in [2.05, 4.69) is 233 Å². The van der Waals surface area contributed by atoms with E-state index in [1.54, 1.807) is 0 Å². The third-order valence-corrected chi connectivity index (χ3v) is 12.4. The van der Waals surface area contributed by atoms with Crippen molar-refractivity contribution >= 4 is 45.2 Å². The average Bonchev–Trinajstić information content (AvgIpc) is 3.34. The molecule has 0 aliphatic carbocycles. The number of hydrogen-bond donors (Lipinski definition) is 0. The van der Waals surface area contributed by atoms with Gasteiger partial charge in [-0.15, -0.1) is 0 Å². The maximum atomic E-state index is 5.52. The molecule has 0 amide bonds. The fourth-order valence-corrected chi connectivity index (χ4v) is 9.74. The summed E-state index contributed by atoms with van der Waals surface area (Å²) in [5, 5.41) is 2.28. The summed E-state index contributed by atoms with van der Waals surface area (Å²) in [4.78, 5) is 20.9. The van der Waals surface area contributed by atoms with E-state index in [9.17, 15) is 0 Å². The molecular weight excluding hydrogens is 803 g/mol. The third kappa shape index (κ3) is 8.01. The number of hydrogen-bond acceptors (Lipinski definition) is 5. The first-order chi connectivity index (χ1) is 32.2. The monoisotopic (exact) mass is 853 g/mol. The molecule has 0 saturated heterocycles. The molecule has 0 saturated carbocycles. The van der Waals surface area contributed by atoms with E-state index in [-0.39, 0.29) is 0 Å². The van der Waals surface area contributed by atoms with E-state index < -0.39 is 0 Å². The van der Waals surface area contributed by atoms with Crippen molar-refractivity contribution in [3.63, 3.8) is 0 Å². The van der Waals surface area contributed by atoms with Gasteiger partial charge in [0.25, 0.3) is 0 Å². The van der Waals surface area contributed by atoms with Gasteiger partial charge in [0.2, 0.25) is 5.95 Å². The lowest BCUT2D eigenvalue weighted by molar-refractivity contribution is 1.02. The molecule has 1 heterocycles. The summed E-state index contributed by atoms with van der Waals surface area (Å²) in [6, 6.07) is 70.8. The average molecular weight is 854 g/mol. The number of para-hydroxylation sites is 1. The Hall–Kier alpha value is -8.15. The van der Waals surface area contributed by atoms with Crippen LogP contribution in [0.15, 0.2) is 200 Å². The summed E-state index contributed by atoms with van der Waals surface area (Å²) in [6.45, 7) is 13.2. The first-order valence-corrected chi connectivity index (χ1v) is 22.6. The number of anilines is 6. The van der Waals surface area contributed by atoms with Crippen LogP contribution in [0.25, 0.3) is 55.8 Å². The lowest BCUT2D eigenvalue weighted by Gasteiger charge is -2.32. The maximum Gasteiger partial charge on any atom is 0.238 e. The molecule has 10 rings (SSSR count). The molecule has 66 heavy (non-hydrogen) atoms. The van der Waals surface area contributed by atoms with Crippen LogP contribution in [0.5, 0.6) is 0 Å². The van der Waals surface area contributed by atoms with Gasteiger partial charge in [-0.3, -0.25) is 4.90 Å². The Kier molecular flexibility index (Phi) is 11.3. The van der Waals surface area contributed by atoms with Crippen molar-refractivity contribution in [1.29, 1.82) is 0 Å². The number of fused-ring (bicyclic) bond motifs is 1. The lowest BCUT2D eigenvalue weighted by Crippen LogP contribution is -2.18. The van der Waals surface area contributed by atoms with E-state index in [1.165, 1.54) is 44.8 Å². The molecule has 0 bridgehead atoms. The van der Waals surface area contributed by atoms with Gasteiger partial charge in [-0.25, -0.2) is 4.98 Å². The number of nitrogens with zero attached hydrogens (tertiary/aromatic N) is 5. The molecule has 0 unspecified atom stereocenters. The first-order valence-electron chi connectivity index (χ1n) is 22.6. The zero-order valence-corrected chi connectivity index (χ0v) is 38.3. The highest BCUT2D eigenvalue weighted by Gasteiger charge is 2.26. The van der Waals surface area contributed by atoms with Gasteiger partial charge >= 0.3 is 0 Å². The van der Waals surface area contributed by atoms with Crippen LogP contribution in [-0.2, 0) is 0 Å². The lowest BCUT2D eigenvalue weighted by atomic mass is 9.93. The minimum Gasteiger partial charge on any atom is -0.309 e. The minimum atomic E-state index is 0.509. The van der Waals surface area contributed by atoms with Gasteiger partial charge < -0.3 is 4.90 Å². The molecule has 0 aliphatic heterocycles. The maximum absolute atomic E-state index is 5.52. The van der Waals surface area contributed by atoms with Gasteiger partial charge in [0, 0.05) is 33.6 Å². The van der Waals surface area contributed by atoms with Crippen molar-refractivity contribution in [3.05, 3.63) is 234 Å². The van der Waals surface area contributed by atoms with E-state index in [0.29, 0.717) is 17.6 Å². The predicted octanol–water partition coefficient (Wildman–Crippen LogP) is 16.5. The summed E-state index contributed by atoms with van der Waals surface area (Å²) in [7, 11) is 0. The van der Waals surface area contributed by atoms with Crippen molar-refractivity contribution in [2.45, 2.75) is 41.5 Å². The Balaban J connectivity index is 1.23. The van der Waals surface area contributed by atoms with Crippen LogP contribution in [-0.4, -0.2) is 15.0 Å². The van der Waals surface area contributed by atoms with Crippen molar-refractivity contribution in [2.75, 3.05) is 9.80 Å². The molecule has 10 aromatic rings. The van der Waals surface area contributed by atoms with E-state index >= 15 is 0 Å². The van der Waals surface area contributed by atoms with Crippen LogP contribution in [0, 0.1) is 41.5 Å². The quantitative estimate of drug-likeness (QED) is 0.137. The van der Waals surface area contributed by atoms with Crippen LogP contribution in [0.4, 0.5) is 34.4 Å². The Morgan fingerprint density at radius 3 is 1.41 bits per heavy atom. The smallest absolute Gasteiger partial charge is 0.238 e. The summed E-state index contributed by atoms with van der Waals surface area (Å²) >= 11 is 0. The Bertz CT molecular complexity index is 3260. The van der Waals surface area contributed by atoms with Crippen LogP contribution in [0.2, 0.25) is 0 Å². The fraction of sp³-hybridized carbons (Fsp3) is 0.0984. The number of aryl methyl sites for hydroxylation is 6. The largest absolute Gasteiger partial charge is 0.309 e. The summed E-state index contributed by atoms with van der Waals surface area (Å²) in [5.74, 6) is 1.68. The fourth-order valence-electron chi connectivity index (χ4n) is 9.74. The molecule has 9 aromatic carbocycles. The van der Waals surface area contributed by atoms with Crippen LogP contribution < -0.4 is 9.80 Å². The second kappa shape index (κ2) is 17.8. The highest BCUT2D eigenvalue weighted by Crippen LogP contribution is 2.46. The first kappa shape index (κ1) is 41.8. The SMILES string of the molecule is Cc1cc(C)c(N(c2ccc(N(c3nc(-c4ccccc4)nc(-c4ccc5ccccc5c4-c4ccccc4)n3)c3ccccc3-c3ccccc3)cc2)c2c(C)cc(C)cc2C)c(C)c1. The zero-order chi connectivity index (χ0) is 45.3. The van der Waals surface area contributed by atoms with Gasteiger partial charge in [0.05, 0.1) is 17.1 Å². The Morgan fingerprint density at radius 1 is 0.348 bits per heavy atom. The Morgan fingerprint density at radius 2 is 0.818 bits per heavy atom. The molecule has 320 valence electrons. The Labute approximate surface area is 388 Å². The van der Waals surface area contributed by atoms with E-state index in [1.807, 2.05) is 18.2 Å². The van der Waals surface area contributed by atoms with Crippen LogP contribution in [0.3, 0.4) is 0 Å². The number of rotatable bonds is 10. The topological polar surface area (TPSA) is 45.2 Å². The van der Waals surface area contributed by atoms with E-state index in [4.69, 9.17) is 15.0 Å². The van der Waals surface area contributed by atoms with Crippen molar-refractivity contribution < 1.29 is 0 Å². The van der Waals surface area contributed by atoms with Crippen molar-refractivity contribution in [1.82, 2.24) is 15.0 Å². The molecule has 0 N–H and O–H groups in total. The molecule has 0 fully saturated rings. The van der Waals surface area contributed by atoms with Gasteiger partial charge in [-0.2, -0.15) is 9.97 Å². The summed E-state index contributed by atoms with van der Waals surface area (Å²) in [6.07, 6.45) is 0. The molecule has 0 atom stereocenters. The standard InChI is InChI=1S/C61H51N5/c1-40-36-42(3)57(43(4)37-40)66(58-44(5)38-41(2)39-45(58)6)51-33-31-50(32-34-51)65(55-29-19-18-27-52(55)46-20-10-7-11-21-46)61-63-59(49-25-14-9-15-26-49)62-60(64-61)54-35-30-47-22-16-17-28-53(47)56(54)48-23-12-8-13-24-48/h7-39H,1-6H3. The summed E-state index contributed by atoms with van der Waals surface area (Å²) in [5.41, 5.74) is 18.8. The van der Waals surface area contributed by atoms with Gasteiger partial charge in [-0.05, 0) is 122 Å². The molecule has 5 heteroatoms. The molecule has 5 nitrogen and oxygen atoms in total. The highest BCUT2D eigenvalue weighted by molar-refractivity contribution is 6.03. The van der Waals surface area contributed by atoms with Crippen molar-refractivity contribution in [2.24, 2.45) is 0 Å². The molecule has 0 radical (unpaired) electrons. The normalized spacial score (nSPS) is 11.2. The molecule has 0 spiro atoms. The number of aromatic nitrogens is 3. The van der Waals surface area contributed by atoms with Gasteiger partial charge in [0.15, 0.2) is 11.6 Å². The van der Waals surface area contributed by atoms with Gasteiger partial charge in [0.1, 0.15) is 0 Å². The van der Waals surface area contributed by atoms with Crippen LogP contribution in [0.1, 0.15) is 33.4 Å². The minimum absolute atomic E-state index is 0.509. The summed E-state index contributed by atoms with van der Waals surface area (Å²) < 4.78 is 0. The van der Waals surface area contributed by atoms with Gasteiger partial charge in [-0.1, -0.05) is 175 Å². The second-order valence-electron chi connectivity index (χ2n) is 17.3. The molecule has 1 aromatic heterocycles. The predicted molar refractivity (Wildman–Crippen MR) is 277 cm³/mol. The van der Waals surface area contributed by atoms with Crippen molar-refractivity contribution in [3.8, 4) is 45.0 Å². The highest BCUT2D eigenvalue weighted by atomic mass is 15.3. The molecule has 0 aliphatic rings. The zero-order valence-electron chi connectivity index (χ0n) is 38.3. The second-order valence-corrected chi connectivity index (χ2v) is 17.3. The number of benzene rings is 9. The van der Waals surface area contributed by atoms with E-state index in [0.717, 1.165) is 61.2 Å². The third-order valence-electron chi connectivity index (χ3n) is 12.4. The van der Waals surface area contributed by atoms with Crippen LogP contribution >= 0.6 is 0 Å². The molecular formula is C61H51N5.